The van der Waals surface area contributed by atoms with Crippen LogP contribution in [0.15, 0.2) is 10.4 Å². The topological polar surface area (TPSA) is 59.0 Å². The maximum atomic E-state index is 6.15. The summed E-state index contributed by atoms with van der Waals surface area (Å²) in [5.74, 6) is 0.992. The van der Waals surface area contributed by atoms with Crippen molar-refractivity contribution in [3.63, 3.8) is 0 Å². The highest BCUT2D eigenvalue weighted by Crippen LogP contribution is 2.26. The largest absolute Gasteiger partial charge is 0.376 e. The number of guanidine groups is 1. The van der Waals surface area contributed by atoms with E-state index in [1.54, 1.807) is 11.3 Å². The van der Waals surface area contributed by atoms with E-state index in [4.69, 9.17) is 19.5 Å². The van der Waals surface area contributed by atoms with E-state index >= 15 is 0 Å². The number of hydrogen-bond donors (Lipinski definition) is 1. The molecule has 164 valence electrons. The average Bonchev–Trinajstić information content (AvgIpc) is 3.20. The van der Waals surface area contributed by atoms with Crippen molar-refractivity contribution in [2.45, 2.75) is 84.0 Å². The molecule has 1 unspecified atom stereocenters. The van der Waals surface area contributed by atoms with Gasteiger partial charge in [0.15, 0.2) is 5.96 Å². The van der Waals surface area contributed by atoms with Gasteiger partial charge >= 0.3 is 0 Å². The van der Waals surface area contributed by atoms with Crippen LogP contribution < -0.4 is 5.32 Å². The van der Waals surface area contributed by atoms with Crippen molar-refractivity contribution < 1.29 is 9.47 Å². The lowest BCUT2D eigenvalue weighted by atomic mass is 9.98. The SMILES string of the molecule is CCNC(=NCc1csc(C(C)(C)C)n1)N1CCC(OCC2CCCCO2)CC1. The van der Waals surface area contributed by atoms with Crippen molar-refractivity contribution in [2.24, 2.45) is 4.99 Å². The fraction of sp³-hybridized carbons (Fsp3) is 0.818. The summed E-state index contributed by atoms with van der Waals surface area (Å²) in [6.07, 6.45) is 6.34. The Labute approximate surface area is 180 Å². The quantitative estimate of drug-likeness (QED) is 0.555. The summed E-state index contributed by atoms with van der Waals surface area (Å²) in [4.78, 5) is 12.0. The van der Waals surface area contributed by atoms with Crippen LogP contribution in [0.3, 0.4) is 0 Å². The molecule has 3 rings (SSSR count). The molecule has 0 spiro atoms. The van der Waals surface area contributed by atoms with E-state index in [-0.39, 0.29) is 5.41 Å². The standard InChI is InChI=1S/C22H38N4O2S/c1-5-23-21(24-14-17-16-29-20(25-17)22(2,3)4)26-11-9-18(10-12-26)28-15-19-8-6-7-13-27-19/h16,18-19H,5-15H2,1-4H3,(H,23,24). The number of aromatic nitrogens is 1. The molecule has 0 radical (unpaired) electrons. The van der Waals surface area contributed by atoms with Crippen LogP contribution in [0.4, 0.5) is 0 Å². The third-order valence-electron chi connectivity index (χ3n) is 5.45. The zero-order valence-electron chi connectivity index (χ0n) is 18.6. The second-order valence-corrected chi connectivity index (χ2v) is 9.93. The third kappa shape index (κ3) is 6.93. The number of hydrogen-bond acceptors (Lipinski definition) is 5. The number of nitrogens with zero attached hydrogens (tertiary/aromatic N) is 3. The molecule has 1 aromatic heterocycles. The number of aliphatic imine (C=N–C) groups is 1. The van der Waals surface area contributed by atoms with E-state index in [2.05, 4.69) is 43.3 Å². The summed E-state index contributed by atoms with van der Waals surface area (Å²) in [7, 11) is 0. The molecule has 6 nitrogen and oxygen atoms in total. The lowest BCUT2D eigenvalue weighted by molar-refractivity contribution is -0.0721. The molecular weight excluding hydrogens is 384 g/mol. The summed E-state index contributed by atoms with van der Waals surface area (Å²) < 4.78 is 11.9. The fourth-order valence-corrected chi connectivity index (χ4v) is 4.62. The van der Waals surface area contributed by atoms with Crippen molar-refractivity contribution in [1.29, 1.82) is 0 Å². The second-order valence-electron chi connectivity index (χ2n) is 9.07. The Bertz CT molecular complexity index is 641. The van der Waals surface area contributed by atoms with Gasteiger partial charge in [-0.2, -0.15) is 0 Å². The van der Waals surface area contributed by atoms with E-state index in [1.165, 1.54) is 17.8 Å². The highest BCUT2D eigenvalue weighted by atomic mass is 32.1. The lowest BCUT2D eigenvalue weighted by Crippen LogP contribution is -2.47. The molecule has 1 atom stereocenters. The van der Waals surface area contributed by atoms with Crippen LogP contribution in [0, 0.1) is 0 Å². The Hall–Kier alpha value is -1.18. The number of thiazole rings is 1. The summed E-state index contributed by atoms with van der Waals surface area (Å²) in [6, 6.07) is 0. The first-order valence-corrected chi connectivity index (χ1v) is 12.0. The minimum absolute atomic E-state index is 0.0989. The number of ether oxygens (including phenoxy) is 2. The molecule has 0 saturated carbocycles. The van der Waals surface area contributed by atoms with Crippen molar-refractivity contribution in [3.8, 4) is 0 Å². The maximum Gasteiger partial charge on any atom is 0.194 e. The Kier molecular flexibility index (Phi) is 8.33. The first-order chi connectivity index (χ1) is 14.0. The predicted octanol–water partition coefficient (Wildman–Crippen LogP) is 3.96. The van der Waals surface area contributed by atoms with Crippen molar-refractivity contribution in [3.05, 3.63) is 16.1 Å². The van der Waals surface area contributed by atoms with Gasteiger partial charge in [0.1, 0.15) is 0 Å². The molecule has 3 heterocycles. The van der Waals surface area contributed by atoms with Crippen LogP contribution in [0.1, 0.15) is 70.5 Å². The number of likely N-dealkylation sites (tertiary alicyclic amines) is 1. The van der Waals surface area contributed by atoms with E-state index in [1.807, 2.05) is 0 Å². The molecular formula is C22H38N4O2S. The Balaban J connectivity index is 1.48. The first kappa shape index (κ1) is 22.5. The molecule has 2 saturated heterocycles. The summed E-state index contributed by atoms with van der Waals surface area (Å²) in [6.45, 7) is 13.8. The molecule has 1 aromatic rings. The molecule has 0 aliphatic carbocycles. The minimum Gasteiger partial charge on any atom is -0.376 e. The Morgan fingerprint density at radius 2 is 2.10 bits per heavy atom. The van der Waals surface area contributed by atoms with Gasteiger partial charge in [-0.3, -0.25) is 0 Å². The molecule has 2 fully saturated rings. The Morgan fingerprint density at radius 3 is 2.72 bits per heavy atom. The summed E-state index contributed by atoms with van der Waals surface area (Å²) >= 11 is 1.73. The lowest BCUT2D eigenvalue weighted by Gasteiger charge is -2.35. The third-order valence-corrected chi connectivity index (χ3v) is 6.77. The van der Waals surface area contributed by atoms with Gasteiger partial charge in [0.2, 0.25) is 0 Å². The van der Waals surface area contributed by atoms with E-state index in [0.29, 0.717) is 18.8 Å². The molecule has 2 aliphatic heterocycles. The van der Waals surface area contributed by atoms with Gasteiger partial charge in [-0.25, -0.2) is 9.98 Å². The Morgan fingerprint density at radius 1 is 1.31 bits per heavy atom. The van der Waals surface area contributed by atoms with Crippen LogP contribution >= 0.6 is 11.3 Å². The van der Waals surface area contributed by atoms with E-state index in [9.17, 15) is 0 Å². The van der Waals surface area contributed by atoms with Crippen LogP contribution in [0.2, 0.25) is 0 Å². The zero-order chi connectivity index (χ0) is 20.7. The van der Waals surface area contributed by atoms with Crippen LogP contribution in [0.25, 0.3) is 0 Å². The van der Waals surface area contributed by atoms with Crippen LogP contribution in [0.5, 0.6) is 0 Å². The number of rotatable bonds is 6. The fourth-order valence-electron chi connectivity index (χ4n) is 3.72. The van der Waals surface area contributed by atoms with Gasteiger partial charge in [0, 0.05) is 37.0 Å². The molecule has 7 heteroatoms. The minimum atomic E-state index is 0.0989. The highest BCUT2D eigenvalue weighted by molar-refractivity contribution is 7.09. The smallest absolute Gasteiger partial charge is 0.194 e. The zero-order valence-corrected chi connectivity index (χ0v) is 19.4. The predicted molar refractivity (Wildman–Crippen MR) is 120 cm³/mol. The van der Waals surface area contributed by atoms with Crippen LogP contribution in [-0.4, -0.2) is 60.9 Å². The van der Waals surface area contributed by atoms with Gasteiger partial charge in [-0.05, 0) is 39.0 Å². The van der Waals surface area contributed by atoms with Gasteiger partial charge in [-0.1, -0.05) is 20.8 Å². The van der Waals surface area contributed by atoms with Crippen LogP contribution in [-0.2, 0) is 21.4 Å². The number of piperidine rings is 1. The van der Waals surface area contributed by atoms with Gasteiger partial charge in [0.05, 0.1) is 36.1 Å². The van der Waals surface area contributed by atoms with Crippen molar-refractivity contribution in [1.82, 2.24) is 15.2 Å². The molecule has 0 bridgehead atoms. The van der Waals surface area contributed by atoms with Crippen molar-refractivity contribution >= 4 is 17.3 Å². The second kappa shape index (κ2) is 10.7. The normalized spacial score (nSPS) is 22.1. The first-order valence-electron chi connectivity index (χ1n) is 11.2. The molecule has 2 aliphatic rings. The molecule has 0 amide bonds. The maximum absolute atomic E-state index is 6.15. The number of nitrogens with one attached hydrogen (secondary N) is 1. The summed E-state index contributed by atoms with van der Waals surface area (Å²) in [5.41, 5.74) is 1.16. The highest BCUT2D eigenvalue weighted by Gasteiger charge is 2.24. The van der Waals surface area contributed by atoms with Gasteiger partial charge in [-0.15, -0.1) is 11.3 Å². The van der Waals surface area contributed by atoms with Gasteiger partial charge in [0.25, 0.3) is 0 Å². The molecule has 1 N–H and O–H groups in total. The molecule has 29 heavy (non-hydrogen) atoms. The van der Waals surface area contributed by atoms with Crippen molar-refractivity contribution in [2.75, 3.05) is 32.8 Å². The van der Waals surface area contributed by atoms with Gasteiger partial charge < -0.3 is 19.7 Å². The monoisotopic (exact) mass is 422 g/mol. The molecule has 0 aromatic carbocycles. The van der Waals surface area contributed by atoms with E-state index < -0.39 is 0 Å². The summed E-state index contributed by atoms with van der Waals surface area (Å²) in [5, 5.41) is 6.76. The van der Waals surface area contributed by atoms with E-state index in [0.717, 1.165) is 63.8 Å². The average molecular weight is 423 g/mol.